The van der Waals surface area contributed by atoms with Crippen LogP contribution in [0.1, 0.15) is 57.1 Å². The number of aryl methyl sites for hydroxylation is 1. The van der Waals surface area contributed by atoms with E-state index in [0.29, 0.717) is 18.7 Å². The molecule has 2 amide bonds. The molecule has 2 aromatic carbocycles. The van der Waals surface area contributed by atoms with Crippen LogP contribution in [0.25, 0.3) is 5.70 Å². The highest BCUT2D eigenvalue weighted by atomic mass is 16.5. The van der Waals surface area contributed by atoms with E-state index in [-0.39, 0.29) is 24.0 Å². The maximum Gasteiger partial charge on any atom is 0.407 e. The standard InChI is InChI=1S/C35H49N5O4/c1-6-39(32-16-12-11-15-30(32)38-35(42)44-7-2)33(27-13-9-8-10-14-27)26(4)34(41)40-22-21-36-24-28(40)19-20-37-31-23-29(43-5)18-17-25(31)3/h6,8-10,13-14,17-18,23,28,30,32,36-37H,1,7,11-12,15-16,19-22,24H2,2-5H3,(H,38,42)/b33-26+/t28-,30+,32+/m1/s1. The molecule has 0 aromatic heterocycles. The van der Waals surface area contributed by atoms with Crippen LogP contribution in [0.3, 0.4) is 0 Å². The van der Waals surface area contributed by atoms with Crippen molar-refractivity contribution in [2.24, 2.45) is 0 Å². The molecule has 1 heterocycles. The average molecular weight is 604 g/mol. The number of piperazine rings is 1. The predicted octanol–water partition coefficient (Wildman–Crippen LogP) is 5.54. The van der Waals surface area contributed by atoms with Crippen molar-refractivity contribution in [3.05, 3.63) is 78.0 Å². The zero-order valence-corrected chi connectivity index (χ0v) is 26.7. The van der Waals surface area contributed by atoms with E-state index < -0.39 is 6.09 Å². The van der Waals surface area contributed by atoms with Gasteiger partial charge in [-0.05, 0) is 63.4 Å². The van der Waals surface area contributed by atoms with Gasteiger partial charge in [-0.2, -0.15) is 0 Å². The topological polar surface area (TPSA) is 95.2 Å². The number of hydrogen-bond acceptors (Lipinski definition) is 7. The van der Waals surface area contributed by atoms with E-state index in [0.717, 1.165) is 80.0 Å². The lowest BCUT2D eigenvalue weighted by Crippen LogP contribution is -2.55. The van der Waals surface area contributed by atoms with Gasteiger partial charge >= 0.3 is 6.09 Å². The molecule has 0 radical (unpaired) electrons. The number of benzene rings is 2. The first-order valence-electron chi connectivity index (χ1n) is 15.9. The van der Waals surface area contributed by atoms with E-state index in [1.54, 1.807) is 14.0 Å². The van der Waals surface area contributed by atoms with Crippen LogP contribution in [-0.4, -0.2) is 79.8 Å². The normalized spacial score (nSPS) is 20.6. The Bertz CT molecular complexity index is 1300. The summed E-state index contributed by atoms with van der Waals surface area (Å²) in [5.41, 5.74) is 4.62. The Labute approximate surface area is 262 Å². The summed E-state index contributed by atoms with van der Waals surface area (Å²) in [6.45, 7) is 13.1. The van der Waals surface area contributed by atoms with E-state index in [2.05, 4.69) is 34.4 Å². The van der Waals surface area contributed by atoms with E-state index in [1.165, 1.54) is 0 Å². The fourth-order valence-corrected chi connectivity index (χ4v) is 6.38. The lowest BCUT2D eigenvalue weighted by Gasteiger charge is -2.42. The molecule has 4 rings (SSSR count). The first-order valence-corrected chi connectivity index (χ1v) is 15.9. The molecular formula is C35H49N5O4. The number of nitrogens with zero attached hydrogens (tertiary/aromatic N) is 2. The van der Waals surface area contributed by atoms with Crippen molar-refractivity contribution in [3.8, 4) is 5.75 Å². The third-order valence-electron chi connectivity index (χ3n) is 8.69. The highest BCUT2D eigenvalue weighted by Crippen LogP contribution is 2.33. The number of carbonyl (C=O) groups excluding carboxylic acids is 2. The van der Waals surface area contributed by atoms with Gasteiger partial charge in [-0.3, -0.25) is 4.79 Å². The number of amides is 2. The van der Waals surface area contributed by atoms with Crippen molar-refractivity contribution in [3.63, 3.8) is 0 Å². The summed E-state index contributed by atoms with van der Waals surface area (Å²) in [7, 11) is 1.67. The van der Waals surface area contributed by atoms with Gasteiger partial charge in [0, 0.05) is 49.5 Å². The number of carbonyl (C=O) groups is 2. The molecule has 1 aliphatic heterocycles. The minimum absolute atomic E-state index is 0.0190. The summed E-state index contributed by atoms with van der Waals surface area (Å²) in [6, 6.07) is 15.9. The minimum Gasteiger partial charge on any atom is -0.497 e. The van der Waals surface area contributed by atoms with Gasteiger partial charge < -0.3 is 35.2 Å². The number of alkyl carbamates (subject to hydrolysis) is 1. The van der Waals surface area contributed by atoms with Crippen LogP contribution in [0.5, 0.6) is 5.75 Å². The van der Waals surface area contributed by atoms with Crippen molar-refractivity contribution in [1.29, 1.82) is 0 Å². The number of rotatable bonds is 12. The van der Waals surface area contributed by atoms with Gasteiger partial charge in [0.25, 0.3) is 5.91 Å². The Morgan fingerprint density at radius 1 is 1.16 bits per heavy atom. The second-order valence-corrected chi connectivity index (χ2v) is 11.5. The minimum atomic E-state index is -0.409. The van der Waals surface area contributed by atoms with Crippen molar-refractivity contribution >= 4 is 23.4 Å². The molecule has 0 spiro atoms. The van der Waals surface area contributed by atoms with Crippen LogP contribution in [0, 0.1) is 6.92 Å². The molecule has 3 atom stereocenters. The quantitative estimate of drug-likeness (QED) is 0.274. The van der Waals surface area contributed by atoms with Crippen LogP contribution in [0.2, 0.25) is 0 Å². The zero-order valence-electron chi connectivity index (χ0n) is 26.7. The third kappa shape index (κ3) is 8.14. The molecule has 2 aromatic rings. The maximum atomic E-state index is 14.4. The Morgan fingerprint density at radius 3 is 2.66 bits per heavy atom. The summed E-state index contributed by atoms with van der Waals surface area (Å²) < 4.78 is 10.6. The molecule has 9 nitrogen and oxygen atoms in total. The molecule has 1 saturated heterocycles. The molecule has 0 unspecified atom stereocenters. The molecule has 1 aliphatic carbocycles. The maximum absolute atomic E-state index is 14.4. The Hall–Kier alpha value is -3.98. The molecule has 2 aliphatic rings. The lowest BCUT2D eigenvalue weighted by molar-refractivity contribution is -0.130. The Kier molecular flexibility index (Phi) is 12.1. The van der Waals surface area contributed by atoms with Crippen LogP contribution >= 0.6 is 0 Å². The van der Waals surface area contributed by atoms with Gasteiger partial charge in [-0.1, -0.05) is 55.8 Å². The van der Waals surface area contributed by atoms with Gasteiger partial charge in [0.15, 0.2) is 0 Å². The van der Waals surface area contributed by atoms with Crippen molar-refractivity contribution in [2.45, 2.75) is 71.0 Å². The predicted molar refractivity (Wildman–Crippen MR) is 176 cm³/mol. The zero-order chi connectivity index (χ0) is 31.5. The van der Waals surface area contributed by atoms with Gasteiger partial charge in [0.2, 0.25) is 0 Å². The van der Waals surface area contributed by atoms with Gasteiger partial charge in [-0.25, -0.2) is 4.79 Å². The molecule has 2 fully saturated rings. The van der Waals surface area contributed by atoms with Crippen LogP contribution in [0.4, 0.5) is 10.5 Å². The van der Waals surface area contributed by atoms with Crippen molar-refractivity contribution < 1.29 is 19.1 Å². The van der Waals surface area contributed by atoms with Gasteiger partial charge in [0.05, 0.1) is 31.5 Å². The van der Waals surface area contributed by atoms with Crippen molar-refractivity contribution in [1.82, 2.24) is 20.4 Å². The van der Waals surface area contributed by atoms with Crippen LogP contribution < -0.4 is 20.7 Å². The lowest BCUT2D eigenvalue weighted by atomic mass is 9.88. The summed E-state index contributed by atoms with van der Waals surface area (Å²) >= 11 is 0. The van der Waals surface area contributed by atoms with E-state index in [4.69, 9.17) is 9.47 Å². The number of nitrogens with one attached hydrogen (secondary N) is 3. The fraction of sp³-hybridized carbons (Fsp3) is 0.486. The monoisotopic (exact) mass is 603 g/mol. The SMILES string of the molecule is C=CN(/C(=C(\C)C(=O)N1CCNC[C@H]1CCNc1cc(OC)ccc1C)c1ccccc1)[C@H]1CCCC[C@@H]1NC(=O)OCC. The summed E-state index contributed by atoms with van der Waals surface area (Å²) in [4.78, 5) is 31.0. The molecule has 238 valence electrons. The van der Waals surface area contributed by atoms with Crippen LogP contribution in [0.15, 0.2) is 66.9 Å². The van der Waals surface area contributed by atoms with E-state index >= 15 is 0 Å². The van der Waals surface area contributed by atoms with Gasteiger partial charge in [-0.15, -0.1) is 0 Å². The summed E-state index contributed by atoms with van der Waals surface area (Å²) in [5, 5.41) is 10.1. The molecule has 0 bridgehead atoms. The second kappa shape index (κ2) is 16.2. The Balaban J connectivity index is 1.60. The van der Waals surface area contributed by atoms with E-state index in [9.17, 15) is 9.59 Å². The highest BCUT2D eigenvalue weighted by Gasteiger charge is 2.35. The highest BCUT2D eigenvalue weighted by molar-refractivity contribution is 6.00. The Morgan fingerprint density at radius 2 is 1.93 bits per heavy atom. The molecular weight excluding hydrogens is 554 g/mol. The molecule has 44 heavy (non-hydrogen) atoms. The summed E-state index contributed by atoms with van der Waals surface area (Å²) in [5.74, 6) is 0.832. The first kappa shape index (κ1) is 32.9. The largest absolute Gasteiger partial charge is 0.497 e. The molecule has 9 heteroatoms. The van der Waals surface area contributed by atoms with Crippen LogP contribution in [-0.2, 0) is 9.53 Å². The number of hydrogen-bond donors (Lipinski definition) is 3. The number of ether oxygens (including phenoxy) is 2. The molecule has 1 saturated carbocycles. The first-order chi connectivity index (χ1) is 21.4. The smallest absolute Gasteiger partial charge is 0.407 e. The fourth-order valence-electron chi connectivity index (χ4n) is 6.38. The second-order valence-electron chi connectivity index (χ2n) is 11.5. The number of anilines is 1. The average Bonchev–Trinajstić information content (AvgIpc) is 3.05. The molecule has 3 N–H and O–H groups in total. The van der Waals surface area contributed by atoms with Gasteiger partial charge in [0.1, 0.15) is 5.75 Å². The number of methoxy groups -OCH3 is 1. The van der Waals surface area contributed by atoms with Crippen molar-refractivity contribution in [2.75, 3.05) is 45.2 Å². The third-order valence-corrected chi connectivity index (χ3v) is 8.69. The summed E-state index contributed by atoms with van der Waals surface area (Å²) in [6.07, 6.45) is 5.95. The van der Waals surface area contributed by atoms with E-state index in [1.807, 2.05) is 66.6 Å².